The highest BCUT2D eigenvalue weighted by Gasteiger charge is 2.36. The van der Waals surface area contributed by atoms with Crippen molar-refractivity contribution in [2.24, 2.45) is 0 Å². The predicted octanol–water partition coefficient (Wildman–Crippen LogP) is 2.32. The second-order valence-electron chi connectivity index (χ2n) is 6.03. The fourth-order valence-corrected chi connectivity index (χ4v) is 3.39. The first kappa shape index (κ1) is 13.6. The smallest absolute Gasteiger partial charge is 0.230 e. The Morgan fingerprint density at radius 1 is 1.40 bits per heavy atom. The molecule has 1 aromatic rings. The number of benzene rings is 1. The fraction of sp³-hybridized carbons (Fsp3) is 0.588. The molecule has 1 saturated heterocycles. The summed E-state index contributed by atoms with van der Waals surface area (Å²) in [5.74, 6) is 0.461. The molecule has 1 amide bonds. The van der Waals surface area contributed by atoms with Crippen LogP contribution in [0.3, 0.4) is 0 Å². The van der Waals surface area contributed by atoms with Crippen LogP contribution in [0.15, 0.2) is 24.3 Å². The van der Waals surface area contributed by atoms with E-state index in [1.54, 1.807) is 0 Å². The van der Waals surface area contributed by atoms with E-state index >= 15 is 0 Å². The molecule has 0 bridgehead atoms. The van der Waals surface area contributed by atoms with E-state index in [0.717, 1.165) is 38.9 Å². The van der Waals surface area contributed by atoms with Crippen molar-refractivity contribution in [2.45, 2.75) is 44.6 Å². The lowest BCUT2D eigenvalue weighted by Gasteiger charge is -2.38. The van der Waals surface area contributed by atoms with Crippen LogP contribution in [0, 0.1) is 0 Å². The number of carbonyl (C=O) groups excluding carboxylic acids is 1. The summed E-state index contributed by atoms with van der Waals surface area (Å²) in [5.41, 5.74) is 2.60. The number of hydrogen-bond acceptors (Lipinski definition) is 2. The summed E-state index contributed by atoms with van der Waals surface area (Å²) < 4.78 is 0. The zero-order chi connectivity index (χ0) is 13.9. The Labute approximate surface area is 121 Å². The van der Waals surface area contributed by atoms with Crippen molar-refractivity contribution in [3.8, 4) is 0 Å². The van der Waals surface area contributed by atoms with E-state index in [9.17, 15) is 4.79 Å². The van der Waals surface area contributed by atoms with Crippen molar-refractivity contribution >= 4 is 5.91 Å². The van der Waals surface area contributed by atoms with Gasteiger partial charge in [0.2, 0.25) is 5.91 Å². The second kappa shape index (κ2) is 5.96. The molecule has 1 N–H and O–H groups in total. The lowest BCUT2D eigenvalue weighted by atomic mass is 9.76. The predicted molar refractivity (Wildman–Crippen MR) is 80.8 cm³/mol. The maximum Gasteiger partial charge on any atom is 0.230 e. The molecular weight excluding hydrogens is 248 g/mol. The minimum Gasteiger partial charge on any atom is -0.341 e. The molecule has 0 radical (unpaired) electrons. The maximum absolute atomic E-state index is 12.7. The molecular formula is C17H24N2O. The molecule has 2 aliphatic rings. The minimum absolute atomic E-state index is 0.121. The van der Waals surface area contributed by atoms with E-state index < -0.39 is 0 Å². The minimum atomic E-state index is 0.121. The van der Waals surface area contributed by atoms with Gasteiger partial charge in [0.05, 0.1) is 5.92 Å². The Morgan fingerprint density at radius 3 is 3.05 bits per heavy atom. The van der Waals surface area contributed by atoms with Gasteiger partial charge in [0.25, 0.3) is 0 Å². The highest BCUT2D eigenvalue weighted by molar-refractivity contribution is 5.87. The van der Waals surface area contributed by atoms with E-state index in [1.165, 1.54) is 17.5 Å². The van der Waals surface area contributed by atoms with Gasteiger partial charge in [-0.25, -0.2) is 0 Å². The number of piperidine rings is 1. The Balaban J connectivity index is 1.61. The van der Waals surface area contributed by atoms with Gasteiger partial charge in [0.15, 0.2) is 0 Å². The average molecular weight is 272 g/mol. The van der Waals surface area contributed by atoms with E-state index in [-0.39, 0.29) is 5.92 Å². The van der Waals surface area contributed by atoms with Gasteiger partial charge in [0, 0.05) is 19.1 Å². The van der Waals surface area contributed by atoms with E-state index in [1.807, 2.05) is 6.07 Å². The molecule has 20 heavy (non-hydrogen) atoms. The number of nitrogens with one attached hydrogen (secondary N) is 1. The molecule has 1 heterocycles. The van der Waals surface area contributed by atoms with Gasteiger partial charge in [-0.05, 0) is 43.4 Å². The lowest BCUT2D eigenvalue weighted by molar-refractivity contribution is -0.134. The molecule has 1 fully saturated rings. The standard InChI is InChI=1S/C17H24N2O/c1-2-9-18-14-7-5-10-19(12-14)17(20)16-11-13-6-3-4-8-15(13)16/h3-4,6,8,14,16,18H,2,5,7,9-12H2,1H3. The summed E-state index contributed by atoms with van der Waals surface area (Å²) in [6.07, 6.45) is 4.41. The van der Waals surface area contributed by atoms with Crippen molar-refractivity contribution in [2.75, 3.05) is 19.6 Å². The summed E-state index contributed by atoms with van der Waals surface area (Å²) in [7, 11) is 0. The average Bonchev–Trinajstić information content (AvgIpc) is 2.46. The molecule has 2 unspecified atom stereocenters. The maximum atomic E-state index is 12.7. The summed E-state index contributed by atoms with van der Waals surface area (Å²) in [5, 5.41) is 3.56. The molecule has 1 aliphatic carbocycles. The number of nitrogens with zero attached hydrogens (tertiary/aromatic N) is 1. The van der Waals surface area contributed by atoms with Crippen LogP contribution in [0.2, 0.25) is 0 Å². The molecule has 0 aromatic heterocycles. The van der Waals surface area contributed by atoms with Crippen LogP contribution in [0.4, 0.5) is 0 Å². The van der Waals surface area contributed by atoms with Gasteiger partial charge in [-0.2, -0.15) is 0 Å². The van der Waals surface area contributed by atoms with Crippen molar-refractivity contribution in [1.82, 2.24) is 10.2 Å². The summed E-state index contributed by atoms with van der Waals surface area (Å²) in [4.78, 5) is 14.7. The third-order valence-corrected chi connectivity index (χ3v) is 4.57. The third-order valence-electron chi connectivity index (χ3n) is 4.57. The first-order chi connectivity index (χ1) is 9.79. The van der Waals surface area contributed by atoms with E-state index in [0.29, 0.717) is 11.9 Å². The molecule has 0 saturated carbocycles. The largest absolute Gasteiger partial charge is 0.341 e. The van der Waals surface area contributed by atoms with E-state index in [2.05, 4.69) is 35.3 Å². The molecule has 1 aliphatic heterocycles. The first-order valence-electron chi connectivity index (χ1n) is 7.89. The SMILES string of the molecule is CCCNC1CCCN(C(=O)C2Cc3ccccc32)C1. The number of likely N-dealkylation sites (tertiary alicyclic amines) is 1. The Hall–Kier alpha value is -1.35. The van der Waals surface area contributed by atoms with Crippen LogP contribution in [0.1, 0.15) is 43.2 Å². The quantitative estimate of drug-likeness (QED) is 0.912. The van der Waals surface area contributed by atoms with Crippen LogP contribution >= 0.6 is 0 Å². The monoisotopic (exact) mass is 272 g/mol. The molecule has 108 valence electrons. The van der Waals surface area contributed by atoms with Crippen LogP contribution < -0.4 is 5.32 Å². The third kappa shape index (κ3) is 2.59. The highest BCUT2D eigenvalue weighted by Crippen LogP contribution is 2.36. The first-order valence-corrected chi connectivity index (χ1v) is 7.89. The molecule has 1 aromatic carbocycles. The van der Waals surface area contributed by atoms with Gasteiger partial charge >= 0.3 is 0 Å². The van der Waals surface area contributed by atoms with Crippen LogP contribution in [-0.2, 0) is 11.2 Å². The number of amides is 1. The number of carbonyl (C=O) groups is 1. The van der Waals surface area contributed by atoms with Gasteiger partial charge < -0.3 is 10.2 Å². The van der Waals surface area contributed by atoms with Crippen LogP contribution in [0.5, 0.6) is 0 Å². The van der Waals surface area contributed by atoms with Gasteiger partial charge in [-0.15, -0.1) is 0 Å². The van der Waals surface area contributed by atoms with Crippen molar-refractivity contribution < 1.29 is 4.79 Å². The summed E-state index contributed by atoms with van der Waals surface area (Å²) >= 11 is 0. The van der Waals surface area contributed by atoms with Gasteiger partial charge in [-0.3, -0.25) is 4.79 Å². The summed E-state index contributed by atoms with van der Waals surface area (Å²) in [6, 6.07) is 8.84. The second-order valence-corrected chi connectivity index (χ2v) is 6.03. The molecule has 3 nitrogen and oxygen atoms in total. The zero-order valence-corrected chi connectivity index (χ0v) is 12.3. The van der Waals surface area contributed by atoms with Crippen molar-refractivity contribution in [3.05, 3.63) is 35.4 Å². The topological polar surface area (TPSA) is 32.3 Å². The van der Waals surface area contributed by atoms with E-state index in [4.69, 9.17) is 0 Å². The van der Waals surface area contributed by atoms with Crippen molar-refractivity contribution in [3.63, 3.8) is 0 Å². The summed E-state index contributed by atoms with van der Waals surface area (Å²) in [6.45, 7) is 5.06. The highest BCUT2D eigenvalue weighted by atomic mass is 16.2. The molecule has 3 heteroatoms. The van der Waals surface area contributed by atoms with Crippen LogP contribution in [0.25, 0.3) is 0 Å². The zero-order valence-electron chi connectivity index (χ0n) is 12.3. The number of rotatable bonds is 4. The molecule has 2 atom stereocenters. The Kier molecular flexibility index (Phi) is 4.06. The fourth-order valence-electron chi connectivity index (χ4n) is 3.39. The molecule has 0 spiro atoms. The van der Waals surface area contributed by atoms with Gasteiger partial charge in [0.1, 0.15) is 0 Å². The number of hydrogen-bond donors (Lipinski definition) is 1. The normalized spacial score (nSPS) is 24.9. The Morgan fingerprint density at radius 2 is 2.25 bits per heavy atom. The van der Waals surface area contributed by atoms with Crippen LogP contribution in [-0.4, -0.2) is 36.5 Å². The Bertz CT molecular complexity index is 486. The van der Waals surface area contributed by atoms with Crippen molar-refractivity contribution in [1.29, 1.82) is 0 Å². The van der Waals surface area contributed by atoms with Gasteiger partial charge in [-0.1, -0.05) is 31.2 Å². The lowest BCUT2D eigenvalue weighted by Crippen LogP contribution is -2.50. The molecule has 3 rings (SSSR count). The number of fused-ring (bicyclic) bond motifs is 1.